The third kappa shape index (κ3) is 4.03. The zero-order valence-corrected chi connectivity index (χ0v) is 15.8. The molecule has 4 heterocycles. The summed E-state index contributed by atoms with van der Waals surface area (Å²) in [5, 5.41) is 1.03. The summed E-state index contributed by atoms with van der Waals surface area (Å²) in [6, 6.07) is 10.4. The molecule has 0 unspecified atom stereocenters. The van der Waals surface area contributed by atoms with Gasteiger partial charge in [-0.1, -0.05) is 34.8 Å². The third-order valence-electron chi connectivity index (χ3n) is 3.59. The first-order valence-electron chi connectivity index (χ1n) is 7.70. The Kier molecular flexibility index (Phi) is 4.94. The molecule has 0 saturated carbocycles. The number of pyridine rings is 3. The minimum Gasteiger partial charge on any atom is -0.245 e. The van der Waals surface area contributed by atoms with E-state index >= 15 is 0 Å². The highest BCUT2D eigenvalue weighted by atomic mass is 35.5. The molecule has 4 rings (SSSR count). The Morgan fingerprint density at radius 1 is 0.481 bits per heavy atom. The molecule has 0 bridgehead atoms. The van der Waals surface area contributed by atoms with Gasteiger partial charge >= 0.3 is 0 Å². The molecule has 27 heavy (non-hydrogen) atoms. The molecule has 4 aromatic rings. The second kappa shape index (κ2) is 7.52. The smallest absolute Gasteiger partial charge is 0.164 e. The maximum atomic E-state index is 6.02. The molecule has 0 saturated heterocycles. The molecular formula is C18H9Cl3N6. The first-order chi connectivity index (χ1) is 13.1. The van der Waals surface area contributed by atoms with Crippen LogP contribution in [0.25, 0.3) is 34.2 Å². The average molecular weight is 416 g/mol. The molecule has 9 heteroatoms. The quantitative estimate of drug-likeness (QED) is 0.437. The number of halogens is 3. The van der Waals surface area contributed by atoms with Gasteiger partial charge in [0, 0.05) is 35.3 Å². The summed E-state index contributed by atoms with van der Waals surface area (Å²) >= 11 is 18.0. The third-order valence-corrected chi connectivity index (χ3v) is 4.21. The Morgan fingerprint density at radius 3 is 1.04 bits per heavy atom. The SMILES string of the molecule is Clc1cc(-c2nc(-c3ccnc(Cl)c3)nc(-c3ccnc(Cl)c3)n2)ccn1. The van der Waals surface area contributed by atoms with Gasteiger partial charge in [0.1, 0.15) is 15.5 Å². The van der Waals surface area contributed by atoms with E-state index in [4.69, 9.17) is 34.8 Å². The van der Waals surface area contributed by atoms with Gasteiger partial charge in [-0.2, -0.15) is 0 Å². The Balaban J connectivity index is 1.94. The van der Waals surface area contributed by atoms with Crippen LogP contribution in [0, 0.1) is 0 Å². The van der Waals surface area contributed by atoms with Gasteiger partial charge in [-0.25, -0.2) is 29.9 Å². The van der Waals surface area contributed by atoms with Crippen LogP contribution in [0.5, 0.6) is 0 Å². The summed E-state index contributed by atoms with van der Waals surface area (Å²) in [6.45, 7) is 0. The summed E-state index contributed by atoms with van der Waals surface area (Å²) in [5.74, 6) is 1.33. The zero-order valence-electron chi connectivity index (χ0n) is 13.5. The highest BCUT2D eigenvalue weighted by Gasteiger charge is 2.13. The lowest BCUT2D eigenvalue weighted by Gasteiger charge is -2.08. The van der Waals surface area contributed by atoms with Gasteiger partial charge < -0.3 is 0 Å². The fraction of sp³-hybridized carbons (Fsp3) is 0. The predicted octanol–water partition coefficient (Wildman–Crippen LogP) is 5.02. The maximum absolute atomic E-state index is 6.02. The van der Waals surface area contributed by atoms with Crippen LogP contribution in [0.4, 0.5) is 0 Å². The van der Waals surface area contributed by atoms with Gasteiger partial charge in [0.15, 0.2) is 17.5 Å². The fourth-order valence-electron chi connectivity index (χ4n) is 2.39. The van der Waals surface area contributed by atoms with Crippen LogP contribution in [0.1, 0.15) is 0 Å². The van der Waals surface area contributed by atoms with Gasteiger partial charge in [-0.3, -0.25) is 0 Å². The van der Waals surface area contributed by atoms with Gasteiger partial charge in [0.2, 0.25) is 0 Å². The normalized spacial score (nSPS) is 10.8. The number of nitrogens with zero attached hydrogens (tertiary/aromatic N) is 6. The largest absolute Gasteiger partial charge is 0.245 e. The van der Waals surface area contributed by atoms with Crippen molar-refractivity contribution in [3.63, 3.8) is 0 Å². The van der Waals surface area contributed by atoms with E-state index in [-0.39, 0.29) is 0 Å². The van der Waals surface area contributed by atoms with Crippen LogP contribution in [-0.4, -0.2) is 29.9 Å². The molecule has 0 aliphatic carbocycles. The van der Waals surface area contributed by atoms with Crippen molar-refractivity contribution >= 4 is 34.8 Å². The van der Waals surface area contributed by atoms with Crippen molar-refractivity contribution in [3.8, 4) is 34.2 Å². The van der Waals surface area contributed by atoms with E-state index in [1.165, 1.54) is 0 Å². The van der Waals surface area contributed by atoms with Gasteiger partial charge in [-0.05, 0) is 36.4 Å². The lowest BCUT2D eigenvalue weighted by molar-refractivity contribution is 1.07. The molecule has 0 amide bonds. The van der Waals surface area contributed by atoms with E-state index in [0.29, 0.717) is 49.6 Å². The molecule has 0 aromatic carbocycles. The van der Waals surface area contributed by atoms with Gasteiger partial charge in [-0.15, -0.1) is 0 Å². The number of aromatic nitrogens is 6. The van der Waals surface area contributed by atoms with E-state index < -0.39 is 0 Å². The van der Waals surface area contributed by atoms with E-state index in [9.17, 15) is 0 Å². The molecule has 0 aliphatic heterocycles. The van der Waals surface area contributed by atoms with Crippen LogP contribution < -0.4 is 0 Å². The molecule has 0 spiro atoms. The average Bonchev–Trinajstić information content (AvgIpc) is 2.68. The topological polar surface area (TPSA) is 77.3 Å². The maximum Gasteiger partial charge on any atom is 0.164 e. The lowest BCUT2D eigenvalue weighted by Crippen LogP contribution is -2.00. The summed E-state index contributed by atoms with van der Waals surface area (Å²) in [6.07, 6.45) is 4.77. The van der Waals surface area contributed by atoms with Gasteiger partial charge in [0.05, 0.1) is 0 Å². The molecule has 132 valence electrons. The van der Waals surface area contributed by atoms with Crippen molar-refractivity contribution in [2.24, 2.45) is 0 Å². The van der Waals surface area contributed by atoms with Crippen molar-refractivity contribution < 1.29 is 0 Å². The predicted molar refractivity (Wildman–Crippen MR) is 105 cm³/mol. The highest BCUT2D eigenvalue weighted by molar-refractivity contribution is 6.30. The fourth-order valence-corrected chi connectivity index (χ4v) is 2.91. The zero-order chi connectivity index (χ0) is 18.8. The van der Waals surface area contributed by atoms with E-state index in [1.807, 2.05) is 0 Å². The lowest BCUT2D eigenvalue weighted by atomic mass is 10.2. The molecule has 6 nitrogen and oxygen atoms in total. The van der Waals surface area contributed by atoms with Crippen LogP contribution in [0.3, 0.4) is 0 Å². The van der Waals surface area contributed by atoms with Crippen LogP contribution in [-0.2, 0) is 0 Å². The first kappa shape index (κ1) is 17.7. The highest BCUT2D eigenvalue weighted by Crippen LogP contribution is 2.26. The van der Waals surface area contributed by atoms with Crippen molar-refractivity contribution in [2.45, 2.75) is 0 Å². The molecule has 0 aliphatic rings. The standard InChI is InChI=1S/C18H9Cl3N6/c19-13-7-10(1-4-22-13)16-25-17(11-2-5-23-14(20)8-11)27-18(26-16)12-3-6-24-15(21)9-12/h1-9H. The minimum atomic E-state index is 0.343. The van der Waals surface area contributed by atoms with Crippen molar-refractivity contribution in [2.75, 3.05) is 0 Å². The van der Waals surface area contributed by atoms with Crippen molar-refractivity contribution in [1.29, 1.82) is 0 Å². The molecular weight excluding hydrogens is 407 g/mol. The number of hydrogen-bond acceptors (Lipinski definition) is 6. The summed E-state index contributed by atoms with van der Waals surface area (Å²) in [5.41, 5.74) is 2.13. The van der Waals surface area contributed by atoms with Crippen molar-refractivity contribution in [1.82, 2.24) is 29.9 Å². The molecule has 0 fully saturated rings. The van der Waals surface area contributed by atoms with Crippen LogP contribution in [0.2, 0.25) is 15.5 Å². The molecule has 0 N–H and O–H groups in total. The van der Waals surface area contributed by atoms with Crippen LogP contribution in [0.15, 0.2) is 55.0 Å². The summed E-state index contributed by atoms with van der Waals surface area (Å²) in [4.78, 5) is 25.7. The summed E-state index contributed by atoms with van der Waals surface area (Å²) in [7, 11) is 0. The summed E-state index contributed by atoms with van der Waals surface area (Å²) < 4.78 is 0. The Labute approximate surface area is 169 Å². The van der Waals surface area contributed by atoms with Crippen molar-refractivity contribution in [3.05, 3.63) is 70.4 Å². The first-order valence-corrected chi connectivity index (χ1v) is 8.84. The second-order valence-corrected chi connectivity index (χ2v) is 6.57. The van der Waals surface area contributed by atoms with E-state index in [2.05, 4.69) is 29.9 Å². The minimum absolute atomic E-state index is 0.343. The van der Waals surface area contributed by atoms with E-state index in [0.717, 1.165) is 0 Å². The van der Waals surface area contributed by atoms with Crippen LogP contribution >= 0.6 is 34.8 Å². The Morgan fingerprint density at radius 2 is 0.778 bits per heavy atom. The Bertz CT molecular complexity index is 981. The van der Waals surface area contributed by atoms with E-state index in [1.54, 1.807) is 55.0 Å². The monoisotopic (exact) mass is 414 g/mol. The second-order valence-electron chi connectivity index (χ2n) is 5.41. The van der Waals surface area contributed by atoms with Gasteiger partial charge in [0.25, 0.3) is 0 Å². The Hall–Kier alpha value is -2.67. The molecule has 0 radical (unpaired) electrons. The number of hydrogen-bond donors (Lipinski definition) is 0. The number of rotatable bonds is 3. The molecule has 0 atom stereocenters. The molecule has 4 aromatic heterocycles.